The number of hydrogen-bond donors (Lipinski definition) is 4. The van der Waals surface area contributed by atoms with Gasteiger partial charge in [-0.15, -0.1) is 0 Å². The molecule has 1 aliphatic rings. The minimum absolute atomic E-state index is 0.0458. The molecule has 50 heavy (non-hydrogen) atoms. The molecule has 0 aliphatic heterocycles. The Morgan fingerprint density at radius 3 is 2.48 bits per heavy atom. The number of aromatic amines is 1. The molecule has 0 saturated carbocycles. The number of rotatable bonds is 15. The number of nitrogens with one attached hydrogen (secondary N) is 4. The summed E-state index contributed by atoms with van der Waals surface area (Å²) in [4.78, 5) is 47.8. The number of aryl methyl sites for hydroxylation is 2. The fraction of sp³-hybridized carbons (Fsp3) is 0.436. The number of amides is 2. The van der Waals surface area contributed by atoms with E-state index in [1.54, 1.807) is 33.5 Å². The zero-order chi connectivity index (χ0) is 35.8. The molecule has 0 saturated heterocycles. The van der Waals surface area contributed by atoms with Gasteiger partial charge in [-0.3, -0.25) is 14.4 Å². The molecule has 11 nitrogen and oxygen atoms in total. The van der Waals surface area contributed by atoms with Gasteiger partial charge in [0.15, 0.2) is 11.5 Å². The molecule has 1 aromatic heterocycles. The standard InChI is InChI=1S/C39H49N5O6/c1-7-23(2)36(39(47)40-20-12-8-9-15-34-42-29-13-10-11-14-30(29)43-34)44-31-19-17-26-27(22-32(31)46)28(41-24(3)45)18-16-25-21-33(48-4)37(49-5)38(50-6)35(25)26/h10-11,13-14,17,19,21-23,28,36H,7-9,12,15-16,18,20H2,1-6H3,(H,40,47)(H,41,45)(H,42,43)(H,44,46). The molecule has 0 fully saturated rings. The van der Waals surface area contributed by atoms with Gasteiger partial charge in [-0.1, -0.05) is 44.9 Å². The zero-order valence-electron chi connectivity index (χ0n) is 29.9. The van der Waals surface area contributed by atoms with Crippen LogP contribution in [0.15, 0.2) is 53.3 Å². The van der Waals surface area contributed by atoms with E-state index in [1.807, 2.05) is 50.2 Å². The Balaban J connectivity index is 1.36. The van der Waals surface area contributed by atoms with Gasteiger partial charge in [0.1, 0.15) is 11.9 Å². The molecule has 3 atom stereocenters. The number of methoxy groups -OCH3 is 3. The summed E-state index contributed by atoms with van der Waals surface area (Å²) in [5.41, 5.74) is 5.13. The number of fused-ring (bicyclic) bond motifs is 4. The van der Waals surface area contributed by atoms with Gasteiger partial charge in [-0.25, -0.2) is 4.98 Å². The van der Waals surface area contributed by atoms with E-state index >= 15 is 0 Å². The monoisotopic (exact) mass is 683 g/mol. The maximum Gasteiger partial charge on any atom is 0.242 e. The van der Waals surface area contributed by atoms with E-state index in [2.05, 4.69) is 25.9 Å². The van der Waals surface area contributed by atoms with Crippen LogP contribution >= 0.6 is 0 Å². The van der Waals surface area contributed by atoms with Crippen molar-refractivity contribution in [1.82, 2.24) is 20.6 Å². The molecule has 11 heteroatoms. The average Bonchev–Trinajstić information content (AvgIpc) is 3.39. The highest BCUT2D eigenvalue weighted by Gasteiger charge is 2.30. The lowest BCUT2D eigenvalue weighted by molar-refractivity contribution is -0.123. The second kappa shape index (κ2) is 16.6. The van der Waals surface area contributed by atoms with Gasteiger partial charge >= 0.3 is 0 Å². The van der Waals surface area contributed by atoms with Crippen LogP contribution in [-0.2, 0) is 22.4 Å². The van der Waals surface area contributed by atoms with Crippen LogP contribution in [0, 0.1) is 5.92 Å². The first-order valence-electron chi connectivity index (χ1n) is 17.4. The summed E-state index contributed by atoms with van der Waals surface area (Å²) >= 11 is 0. The van der Waals surface area contributed by atoms with Crippen LogP contribution in [0.5, 0.6) is 17.2 Å². The Kier molecular flexibility index (Phi) is 12.0. The summed E-state index contributed by atoms with van der Waals surface area (Å²) < 4.78 is 17.2. The lowest BCUT2D eigenvalue weighted by Crippen LogP contribution is -2.44. The number of carbonyl (C=O) groups is 2. The molecule has 1 aliphatic carbocycles. The van der Waals surface area contributed by atoms with Crippen molar-refractivity contribution < 1.29 is 23.8 Å². The van der Waals surface area contributed by atoms with Gasteiger partial charge in [-0.05, 0) is 78.6 Å². The van der Waals surface area contributed by atoms with Crippen molar-refractivity contribution in [3.8, 4) is 28.4 Å². The minimum atomic E-state index is -0.622. The topological polar surface area (TPSA) is 144 Å². The Hall–Kier alpha value is -5.06. The third-order valence-electron chi connectivity index (χ3n) is 9.55. The van der Waals surface area contributed by atoms with E-state index in [-0.39, 0.29) is 23.2 Å². The number of imidazole rings is 1. The van der Waals surface area contributed by atoms with Gasteiger partial charge in [0.25, 0.3) is 0 Å². The number of benzene rings is 2. The second-order valence-electron chi connectivity index (χ2n) is 12.9. The van der Waals surface area contributed by atoms with Gasteiger partial charge < -0.3 is 35.1 Å². The van der Waals surface area contributed by atoms with Crippen molar-refractivity contribution in [1.29, 1.82) is 0 Å². The third kappa shape index (κ3) is 8.04. The van der Waals surface area contributed by atoms with E-state index in [4.69, 9.17) is 14.2 Å². The van der Waals surface area contributed by atoms with Crippen molar-refractivity contribution in [2.24, 2.45) is 5.92 Å². The predicted octanol–water partition coefficient (Wildman–Crippen LogP) is 6.10. The van der Waals surface area contributed by atoms with Crippen molar-refractivity contribution in [3.05, 3.63) is 75.7 Å². The van der Waals surface area contributed by atoms with Gasteiger partial charge in [0, 0.05) is 25.5 Å². The number of aromatic nitrogens is 2. The first-order chi connectivity index (χ1) is 24.2. The molecule has 0 bridgehead atoms. The highest BCUT2D eigenvalue weighted by Crippen LogP contribution is 2.50. The van der Waals surface area contributed by atoms with Gasteiger partial charge in [0.2, 0.25) is 23.0 Å². The Labute approximate surface area is 293 Å². The molecular weight excluding hydrogens is 634 g/mol. The van der Waals surface area contributed by atoms with Crippen molar-refractivity contribution in [2.75, 3.05) is 33.2 Å². The molecule has 1 heterocycles. The van der Waals surface area contributed by atoms with E-state index in [1.165, 1.54) is 6.92 Å². The van der Waals surface area contributed by atoms with Crippen LogP contribution in [0.4, 0.5) is 5.69 Å². The molecule has 4 aromatic rings. The van der Waals surface area contributed by atoms with E-state index < -0.39 is 12.1 Å². The Morgan fingerprint density at radius 1 is 1.00 bits per heavy atom. The lowest BCUT2D eigenvalue weighted by atomic mass is 9.95. The predicted molar refractivity (Wildman–Crippen MR) is 196 cm³/mol. The quantitative estimate of drug-likeness (QED) is 0.110. The third-order valence-corrected chi connectivity index (χ3v) is 9.55. The first kappa shape index (κ1) is 36.2. The highest BCUT2D eigenvalue weighted by molar-refractivity contribution is 5.86. The van der Waals surface area contributed by atoms with Crippen LogP contribution < -0.4 is 35.6 Å². The van der Waals surface area contributed by atoms with E-state index in [0.717, 1.165) is 65.7 Å². The summed E-state index contributed by atoms with van der Waals surface area (Å²) in [7, 11) is 4.69. The Morgan fingerprint density at radius 2 is 1.78 bits per heavy atom. The molecule has 266 valence electrons. The summed E-state index contributed by atoms with van der Waals surface area (Å²) in [5, 5.41) is 9.42. The fourth-order valence-electron chi connectivity index (χ4n) is 6.74. The largest absolute Gasteiger partial charge is 0.493 e. The maximum atomic E-state index is 13.9. The van der Waals surface area contributed by atoms with Crippen LogP contribution in [0.3, 0.4) is 0 Å². The average molecular weight is 684 g/mol. The Bertz CT molecular complexity index is 1860. The SMILES string of the molecule is CCC(C)C(Nc1ccc2c(cc1=O)C(NC(C)=O)CCc1cc(OC)c(OC)c(OC)c1-2)C(=O)NCCCCCc1nc2ccccc2[nH]1. The van der Waals surface area contributed by atoms with Gasteiger partial charge in [0.05, 0.1) is 44.1 Å². The van der Waals surface area contributed by atoms with Crippen LogP contribution in [0.1, 0.15) is 75.9 Å². The number of H-pyrrole nitrogens is 1. The van der Waals surface area contributed by atoms with Crippen LogP contribution in [-0.4, -0.2) is 55.7 Å². The number of para-hydroxylation sites is 2. The maximum absolute atomic E-state index is 13.9. The summed E-state index contributed by atoms with van der Waals surface area (Å²) in [6, 6.07) is 14.0. The number of anilines is 1. The normalized spacial score (nSPS) is 14.8. The molecule has 2 amide bonds. The summed E-state index contributed by atoms with van der Waals surface area (Å²) in [6.07, 6.45) is 5.48. The zero-order valence-corrected chi connectivity index (χ0v) is 29.9. The molecule has 4 N–H and O–H groups in total. The summed E-state index contributed by atoms with van der Waals surface area (Å²) in [5.74, 6) is 2.03. The molecule has 3 aromatic carbocycles. The highest BCUT2D eigenvalue weighted by atomic mass is 16.5. The van der Waals surface area contributed by atoms with Crippen molar-refractivity contribution in [3.63, 3.8) is 0 Å². The summed E-state index contributed by atoms with van der Waals surface area (Å²) in [6.45, 7) is 6.03. The molecule has 3 unspecified atom stereocenters. The lowest BCUT2D eigenvalue weighted by Gasteiger charge is -2.24. The van der Waals surface area contributed by atoms with E-state index in [0.29, 0.717) is 47.9 Å². The molecule has 0 radical (unpaired) electrons. The number of carbonyl (C=O) groups excluding carboxylic acids is 2. The number of hydrogen-bond acceptors (Lipinski definition) is 8. The van der Waals surface area contributed by atoms with Gasteiger partial charge in [-0.2, -0.15) is 0 Å². The van der Waals surface area contributed by atoms with Crippen LogP contribution in [0.25, 0.3) is 22.2 Å². The molecule has 0 spiro atoms. The number of ether oxygens (including phenoxy) is 3. The smallest absolute Gasteiger partial charge is 0.242 e. The number of unbranched alkanes of at least 4 members (excludes halogenated alkanes) is 2. The van der Waals surface area contributed by atoms with Crippen molar-refractivity contribution in [2.45, 2.75) is 77.8 Å². The fourth-order valence-corrected chi connectivity index (χ4v) is 6.74. The second-order valence-corrected chi connectivity index (χ2v) is 12.9. The van der Waals surface area contributed by atoms with Crippen LogP contribution in [0.2, 0.25) is 0 Å². The van der Waals surface area contributed by atoms with E-state index in [9.17, 15) is 14.4 Å². The first-order valence-corrected chi connectivity index (χ1v) is 17.4. The minimum Gasteiger partial charge on any atom is -0.493 e. The molecule has 5 rings (SSSR count). The van der Waals surface area contributed by atoms with Crippen molar-refractivity contribution >= 4 is 28.5 Å². The number of nitrogens with zero attached hydrogens (tertiary/aromatic N) is 1. The molecular formula is C39H49N5O6.